The van der Waals surface area contributed by atoms with Crippen LogP contribution < -0.4 is 15.4 Å². The molecule has 0 unspecified atom stereocenters. The van der Waals surface area contributed by atoms with Gasteiger partial charge < -0.3 is 20.5 Å². The van der Waals surface area contributed by atoms with Crippen molar-refractivity contribution in [3.05, 3.63) is 29.3 Å². The first-order chi connectivity index (χ1) is 9.09. The molecule has 0 aliphatic rings. The van der Waals surface area contributed by atoms with Crippen LogP contribution in [-0.2, 0) is 4.79 Å². The standard InChI is InChI=1S/C12H15ClN2O4/c13-9-3-1-2-4-10(9)19-8-7-15-12(18)14-6-5-11(16)17/h1-4H,5-8H2,(H,16,17)(H2,14,15,18). The average Bonchev–Trinajstić information content (AvgIpc) is 2.36. The molecule has 0 saturated carbocycles. The van der Waals surface area contributed by atoms with Crippen molar-refractivity contribution in [2.24, 2.45) is 0 Å². The number of nitrogens with one attached hydrogen (secondary N) is 2. The highest BCUT2D eigenvalue weighted by Crippen LogP contribution is 2.22. The second kappa shape index (κ2) is 8.20. The number of hydrogen-bond donors (Lipinski definition) is 3. The van der Waals surface area contributed by atoms with Gasteiger partial charge in [0.1, 0.15) is 12.4 Å². The van der Waals surface area contributed by atoms with Gasteiger partial charge in [-0.1, -0.05) is 23.7 Å². The number of carbonyl (C=O) groups excluding carboxylic acids is 1. The Morgan fingerprint density at radius 1 is 1.21 bits per heavy atom. The molecule has 0 radical (unpaired) electrons. The second-order valence-corrected chi connectivity index (χ2v) is 4.01. The van der Waals surface area contributed by atoms with Crippen LogP contribution >= 0.6 is 11.6 Å². The second-order valence-electron chi connectivity index (χ2n) is 3.61. The van der Waals surface area contributed by atoms with Crippen LogP contribution in [0, 0.1) is 0 Å². The van der Waals surface area contributed by atoms with Crippen LogP contribution in [0.15, 0.2) is 24.3 Å². The van der Waals surface area contributed by atoms with E-state index in [4.69, 9.17) is 21.4 Å². The van der Waals surface area contributed by atoms with Gasteiger partial charge in [-0.05, 0) is 12.1 Å². The lowest BCUT2D eigenvalue weighted by atomic mass is 10.3. The molecule has 1 aromatic rings. The Morgan fingerprint density at radius 3 is 2.58 bits per heavy atom. The topological polar surface area (TPSA) is 87.7 Å². The molecule has 104 valence electrons. The fourth-order valence-corrected chi connectivity index (χ4v) is 1.42. The van der Waals surface area contributed by atoms with E-state index in [0.29, 0.717) is 17.3 Å². The molecule has 0 aliphatic carbocycles. The molecule has 0 heterocycles. The van der Waals surface area contributed by atoms with Crippen molar-refractivity contribution in [1.29, 1.82) is 0 Å². The number of hydrogen-bond acceptors (Lipinski definition) is 3. The zero-order chi connectivity index (χ0) is 14.1. The number of ether oxygens (including phenoxy) is 1. The Labute approximate surface area is 115 Å². The van der Waals surface area contributed by atoms with E-state index in [-0.39, 0.29) is 19.6 Å². The third-order valence-corrected chi connectivity index (χ3v) is 2.42. The molecule has 3 N–H and O–H groups in total. The summed E-state index contributed by atoms with van der Waals surface area (Å²) in [5.74, 6) is -0.403. The Kier molecular flexibility index (Phi) is 6.52. The lowest BCUT2D eigenvalue weighted by Gasteiger charge is -2.09. The maximum absolute atomic E-state index is 11.2. The van der Waals surface area contributed by atoms with Gasteiger partial charge in [0.2, 0.25) is 0 Å². The molecular weight excluding hydrogens is 272 g/mol. The number of carboxylic acid groups (broad SMARTS) is 1. The zero-order valence-corrected chi connectivity index (χ0v) is 10.9. The predicted molar refractivity (Wildman–Crippen MR) is 70.6 cm³/mol. The van der Waals surface area contributed by atoms with Crippen LogP contribution in [0.2, 0.25) is 5.02 Å². The van der Waals surface area contributed by atoms with E-state index >= 15 is 0 Å². The van der Waals surface area contributed by atoms with Crippen molar-refractivity contribution in [1.82, 2.24) is 10.6 Å². The van der Waals surface area contributed by atoms with Gasteiger partial charge in [-0.2, -0.15) is 0 Å². The van der Waals surface area contributed by atoms with Gasteiger partial charge in [0.05, 0.1) is 18.0 Å². The number of para-hydroxylation sites is 1. The van der Waals surface area contributed by atoms with Gasteiger partial charge in [0, 0.05) is 6.54 Å². The summed E-state index contributed by atoms with van der Waals surface area (Å²) in [6.45, 7) is 0.659. The fraction of sp³-hybridized carbons (Fsp3) is 0.333. The molecule has 1 aromatic carbocycles. The van der Waals surface area contributed by atoms with Crippen LogP contribution in [0.3, 0.4) is 0 Å². The highest BCUT2D eigenvalue weighted by atomic mass is 35.5. The number of aliphatic carboxylic acids is 1. The van der Waals surface area contributed by atoms with Gasteiger partial charge in [0.15, 0.2) is 0 Å². The minimum Gasteiger partial charge on any atom is -0.490 e. The number of carboxylic acids is 1. The molecule has 1 rings (SSSR count). The molecule has 7 heteroatoms. The summed E-state index contributed by atoms with van der Waals surface area (Å²) in [5.41, 5.74) is 0. The minimum absolute atomic E-state index is 0.0898. The highest BCUT2D eigenvalue weighted by molar-refractivity contribution is 6.32. The Balaban J connectivity index is 2.12. The average molecular weight is 287 g/mol. The van der Waals surface area contributed by atoms with Crippen molar-refractivity contribution in [2.75, 3.05) is 19.7 Å². The number of amides is 2. The van der Waals surface area contributed by atoms with Gasteiger partial charge in [-0.25, -0.2) is 4.79 Å². The van der Waals surface area contributed by atoms with E-state index in [0.717, 1.165) is 0 Å². The molecule has 0 bridgehead atoms. The molecule has 0 spiro atoms. The van der Waals surface area contributed by atoms with Crippen molar-refractivity contribution < 1.29 is 19.4 Å². The van der Waals surface area contributed by atoms with Crippen LogP contribution in [0.4, 0.5) is 4.79 Å². The maximum Gasteiger partial charge on any atom is 0.314 e. The lowest BCUT2D eigenvalue weighted by Crippen LogP contribution is -2.38. The number of benzene rings is 1. The summed E-state index contributed by atoms with van der Waals surface area (Å²) in [5, 5.41) is 13.8. The van der Waals surface area contributed by atoms with Crippen molar-refractivity contribution >= 4 is 23.6 Å². The quantitative estimate of drug-likeness (QED) is 0.663. The van der Waals surface area contributed by atoms with E-state index in [9.17, 15) is 9.59 Å². The van der Waals surface area contributed by atoms with Crippen LogP contribution in [0.25, 0.3) is 0 Å². The number of rotatable bonds is 7. The first kappa shape index (κ1) is 15.1. The largest absolute Gasteiger partial charge is 0.490 e. The Hall–Kier alpha value is -1.95. The predicted octanol–water partition coefficient (Wildman–Crippen LogP) is 1.49. The van der Waals surface area contributed by atoms with Gasteiger partial charge in [-0.15, -0.1) is 0 Å². The summed E-state index contributed by atoms with van der Waals surface area (Å²) in [4.78, 5) is 21.4. The molecule has 6 nitrogen and oxygen atoms in total. The van der Waals surface area contributed by atoms with Crippen molar-refractivity contribution in [3.63, 3.8) is 0 Å². The van der Waals surface area contributed by atoms with E-state index in [1.807, 2.05) is 0 Å². The SMILES string of the molecule is O=C(O)CCNC(=O)NCCOc1ccccc1Cl. The first-order valence-electron chi connectivity index (χ1n) is 5.70. The third-order valence-electron chi connectivity index (χ3n) is 2.11. The summed E-state index contributed by atoms with van der Waals surface area (Å²) in [7, 11) is 0. The maximum atomic E-state index is 11.2. The normalized spacial score (nSPS) is 9.74. The van der Waals surface area contributed by atoms with Gasteiger partial charge >= 0.3 is 12.0 Å². The zero-order valence-electron chi connectivity index (χ0n) is 10.2. The molecule has 0 atom stereocenters. The van der Waals surface area contributed by atoms with Crippen molar-refractivity contribution in [3.8, 4) is 5.75 Å². The summed E-state index contributed by atoms with van der Waals surface area (Å²) in [6.07, 6.45) is -0.108. The minimum atomic E-state index is -0.956. The monoisotopic (exact) mass is 286 g/mol. The molecule has 2 amide bonds. The molecular formula is C12H15ClN2O4. The first-order valence-corrected chi connectivity index (χ1v) is 6.08. The van der Waals surface area contributed by atoms with E-state index in [1.165, 1.54) is 0 Å². The molecule has 0 aliphatic heterocycles. The number of carbonyl (C=O) groups is 2. The summed E-state index contributed by atoms with van der Waals surface area (Å²) in [6, 6.07) is 6.61. The highest BCUT2D eigenvalue weighted by Gasteiger charge is 2.02. The molecule has 0 saturated heterocycles. The lowest BCUT2D eigenvalue weighted by molar-refractivity contribution is -0.136. The Morgan fingerprint density at radius 2 is 1.89 bits per heavy atom. The Bertz CT molecular complexity index is 439. The number of halogens is 1. The third kappa shape index (κ3) is 6.52. The van der Waals surface area contributed by atoms with E-state index < -0.39 is 12.0 Å². The van der Waals surface area contributed by atoms with Gasteiger partial charge in [-0.3, -0.25) is 4.79 Å². The van der Waals surface area contributed by atoms with Crippen LogP contribution in [0.1, 0.15) is 6.42 Å². The fourth-order valence-electron chi connectivity index (χ4n) is 1.23. The summed E-state index contributed by atoms with van der Waals surface area (Å²) >= 11 is 5.88. The van der Waals surface area contributed by atoms with Crippen LogP contribution in [0.5, 0.6) is 5.75 Å². The van der Waals surface area contributed by atoms with Gasteiger partial charge in [0.25, 0.3) is 0 Å². The van der Waals surface area contributed by atoms with E-state index in [2.05, 4.69) is 10.6 Å². The molecule has 19 heavy (non-hydrogen) atoms. The molecule has 0 aromatic heterocycles. The summed E-state index contributed by atoms with van der Waals surface area (Å²) < 4.78 is 5.36. The van der Waals surface area contributed by atoms with Crippen LogP contribution in [-0.4, -0.2) is 36.8 Å². The number of urea groups is 1. The smallest absolute Gasteiger partial charge is 0.314 e. The van der Waals surface area contributed by atoms with Crippen molar-refractivity contribution in [2.45, 2.75) is 6.42 Å². The molecule has 0 fully saturated rings. The van der Waals surface area contributed by atoms with E-state index in [1.54, 1.807) is 24.3 Å².